The average molecular weight is 450 g/mol. The lowest BCUT2D eigenvalue weighted by Crippen LogP contribution is -2.36. The van der Waals surface area contributed by atoms with Crippen molar-refractivity contribution in [1.82, 2.24) is 14.5 Å². The molecule has 1 fully saturated rings. The largest absolute Gasteiger partial charge is 0.492 e. The van der Waals surface area contributed by atoms with Gasteiger partial charge in [-0.3, -0.25) is 9.69 Å². The number of methoxy groups -OCH3 is 1. The van der Waals surface area contributed by atoms with Gasteiger partial charge >= 0.3 is 5.97 Å². The van der Waals surface area contributed by atoms with Crippen LogP contribution in [0.4, 0.5) is 0 Å². The molecule has 0 aliphatic carbocycles. The summed E-state index contributed by atoms with van der Waals surface area (Å²) in [5.74, 6) is 2.40. The van der Waals surface area contributed by atoms with Crippen LogP contribution in [0.2, 0.25) is 0 Å². The highest BCUT2D eigenvalue weighted by molar-refractivity contribution is 5.76. The Morgan fingerprint density at radius 3 is 2.55 bits per heavy atom. The molecule has 2 aromatic carbocycles. The van der Waals surface area contributed by atoms with E-state index >= 15 is 0 Å². The molecule has 0 radical (unpaired) electrons. The summed E-state index contributed by atoms with van der Waals surface area (Å²) in [6, 6.07) is 16.2. The maximum atomic E-state index is 11.4. The number of imidazole rings is 1. The van der Waals surface area contributed by atoms with E-state index in [9.17, 15) is 4.79 Å². The Morgan fingerprint density at radius 2 is 1.82 bits per heavy atom. The third kappa shape index (κ3) is 5.93. The number of carbonyl (C=O) groups excluding carboxylic acids is 1. The fourth-order valence-electron chi connectivity index (χ4n) is 4.61. The van der Waals surface area contributed by atoms with Gasteiger partial charge in [0.25, 0.3) is 0 Å². The van der Waals surface area contributed by atoms with Crippen LogP contribution >= 0.6 is 0 Å². The minimum Gasteiger partial charge on any atom is -0.492 e. The first kappa shape index (κ1) is 23.3. The summed E-state index contributed by atoms with van der Waals surface area (Å²) in [5, 5.41) is 0. The molecule has 0 saturated carbocycles. The van der Waals surface area contributed by atoms with Crippen molar-refractivity contribution < 1.29 is 14.3 Å². The lowest BCUT2D eigenvalue weighted by atomic mass is 9.96. The number of fused-ring (bicyclic) bond motifs is 1. The van der Waals surface area contributed by atoms with Crippen molar-refractivity contribution in [2.24, 2.45) is 0 Å². The molecule has 176 valence electrons. The number of hydrogen-bond donors (Lipinski definition) is 0. The van der Waals surface area contributed by atoms with E-state index in [1.165, 1.54) is 31.3 Å². The summed E-state index contributed by atoms with van der Waals surface area (Å²) < 4.78 is 13.1. The summed E-state index contributed by atoms with van der Waals surface area (Å²) in [6.07, 6.45) is 4.94. The van der Waals surface area contributed by atoms with Crippen molar-refractivity contribution in [2.45, 2.75) is 51.5 Å². The van der Waals surface area contributed by atoms with Crippen molar-refractivity contribution in [3.63, 3.8) is 0 Å². The second-order valence-corrected chi connectivity index (χ2v) is 8.83. The molecule has 1 aliphatic rings. The van der Waals surface area contributed by atoms with Crippen LogP contribution in [0.1, 0.15) is 49.9 Å². The Morgan fingerprint density at radius 1 is 1.06 bits per heavy atom. The number of carbonyl (C=O) groups is 1. The van der Waals surface area contributed by atoms with Gasteiger partial charge in [-0.25, -0.2) is 4.98 Å². The van der Waals surface area contributed by atoms with Gasteiger partial charge < -0.3 is 14.0 Å². The van der Waals surface area contributed by atoms with Gasteiger partial charge in [-0.05, 0) is 62.2 Å². The molecule has 1 aromatic heterocycles. The molecule has 0 unspecified atom stereocenters. The number of ether oxygens (including phenoxy) is 2. The van der Waals surface area contributed by atoms with Gasteiger partial charge in [0.15, 0.2) is 0 Å². The Bertz CT molecular complexity index is 1040. The zero-order valence-corrected chi connectivity index (χ0v) is 19.8. The van der Waals surface area contributed by atoms with Crippen molar-refractivity contribution in [3.05, 3.63) is 59.9 Å². The zero-order chi connectivity index (χ0) is 23.0. The third-order valence-electron chi connectivity index (χ3n) is 6.55. The quantitative estimate of drug-likeness (QED) is 0.416. The summed E-state index contributed by atoms with van der Waals surface area (Å²) in [4.78, 5) is 18.9. The lowest BCUT2D eigenvalue weighted by Gasteiger charge is -2.31. The molecule has 0 spiro atoms. The number of para-hydroxylation sites is 2. The van der Waals surface area contributed by atoms with Gasteiger partial charge in [0.05, 0.1) is 24.6 Å². The van der Waals surface area contributed by atoms with Crippen molar-refractivity contribution in [1.29, 1.82) is 0 Å². The van der Waals surface area contributed by atoms with Crippen LogP contribution in [-0.4, -0.2) is 53.8 Å². The smallest absolute Gasteiger partial charge is 0.309 e. The van der Waals surface area contributed by atoms with E-state index in [0.29, 0.717) is 12.5 Å². The lowest BCUT2D eigenvalue weighted by molar-refractivity contribution is -0.139. The van der Waals surface area contributed by atoms with E-state index in [1.54, 1.807) is 0 Å². The number of unbranched alkanes of at least 4 members (excludes halogenated alkanes) is 1. The monoisotopic (exact) mass is 449 g/mol. The number of likely N-dealkylation sites (tertiary alicyclic amines) is 1. The third-order valence-corrected chi connectivity index (χ3v) is 6.55. The molecule has 2 heterocycles. The highest BCUT2D eigenvalue weighted by Crippen LogP contribution is 2.30. The van der Waals surface area contributed by atoms with Gasteiger partial charge in [0, 0.05) is 19.0 Å². The first-order valence-corrected chi connectivity index (χ1v) is 12.1. The molecule has 1 aliphatic heterocycles. The molecule has 0 amide bonds. The van der Waals surface area contributed by atoms with Gasteiger partial charge in [-0.1, -0.05) is 37.6 Å². The van der Waals surface area contributed by atoms with E-state index in [-0.39, 0.29) is 12.4 Å². The minimum atomic E-state index is -0.229. The number of benzene rings is 2. The highest BCUT2D eigenvalue weighted by Gasteiger charge is 2.25. The molecule has 6 heteroatoms. The number of aryl methyl sites for hydroxylation is 1. The van der Waals surface area contributed by atoms with Crippen molar-refractivity contribution in [2.75, 3.05) is 33.4 Å². The predicted molar refractivity (Wildman–Crippen MR) is 131 cm³/mol. The molecular formula is C27H35N3O3. The van der Waals surface area contributed by atoms with Crippen LogP contribution in [-0.2, 0) is 22.5 Å². The predicted octanol–water partition coefficient (Wildman–Crippen LogP) is 4.81. The van der Waals surface area contributed by atoms with Crippen LogP contribution in [0.5, 0.6) is 5.75 Å². The Hall–Kier alpha value is -2.86. The SMILES string of the molecule is CCCCn1c(C2CCN(CCOc3ccc(CC(=O)OC)cc3)CC2)nc2ccccc21. The van der Waals surface area contributed by atoms with Crippen LogP contribution in [0.3, 0.4) is 0 Å². The topological polar surface area (TPSA) is 56.6 Å². The summed E-state index contributed by atoms with van der Waals surface area (Å²) >= 11 is 0. The molecule has 1 saturated heterocycles. The van der Waals surface area contributed by atoms with Gasteiger partial charge in [0.2, 0.25) is 0 Å². The average Bonchev–Trinajstić information content (AvgIpc) is 3.22. The van der Waals surface area contributed by atoms with E-state index in [0.717, 1.165) is 55.9 Å². The summed E-state index contributed by atoms with van der Waals surface area (Å²) in [6.45, 7) is 7.03. The first-order chi connectivity index (χ1) is 16.2. The zero-order valence-electron chi connectivity index (χ0n) is 19.8. The fourth-order valence-corrected chi connectivity index (χ4v) is 4.61. The van der Waals surface area contributed by atoms with Crippen molar-refractivity contribution in [3.8, 4) is 5.75 Å². The number of esters is 1. The van der Waals surface area contributed by atoms with Gasteiger partial charge in [-0.15, -0.1) is 0 Å². The minimum absolute atomic E-state index is 0.229. The molecule has 3 aromatic rings. The maximum Gasteiger partial charge on any atom is 0.309 e. The van der Waals surface area contributed by atoms with Crippen LogP contribution in [0, 0.1) is 0 Å². The molecule has 4 rings (SSSR count). The van der Waals surface area contributed by atoms with Crippen LogP contribution < -0.4 is 4.74 Å². The fraction of sp³-hybridized carbons (Fsp3) is 0.481. The van der Waals surface area contributed by atoms with E-state index in [1.807, 2.05) is 24.3 Å². The Balaban J connectivity index is 1.27. The van der Waals surface area contributed by atoms with Crippen LogP contribution in [0.15, 0.2) is 48.5 Å². The molecule has 6 nitrogen and oxygen atoms in total. The highest BCUT2D eigenvalue weighted by atomic mass is 16.5. The maximum absolute atomic E-state index is 11.4. The molecule has 0 N–H and O–H groups in total. The number of nitrogens with zero attached hydrogens (tertiary/aromatic N) is 3. The van der Waals surface area contributed by atoms with E-state index < -0.39 is 0 Å². The van der Waals surface area contributed by atoms with Crippen LogP contribution in [0.25, 0.3) is 11.0 Å². The second kappa shape index (κ2) is 11.3. The van der Waals surface area contributed by atoms with E-state index in [2.05, 4.69) is 40.7 Å². The normalized spacial score (nSPS) is 15.1. The number of hydrogen-bond acceptors (Lipinski definition) is 5. The number of rotatable bonds is 10. The Labute approximate surface area is 196 Å². The standard InChI is InChI=1S/C27H35N3O3/c1-3-4-15-30-25-8-6-5-7-24(25)28-27(30)22-13-16-29(17-14-22)18-19-33-23-11-9-21(10-12-23)20-26(31)32-2/h5-12,22H,3-4,13-20H2,1-2H3. The van der Waals surface area contributed by atoms with E-state index in [4.69, 9.17) is 14.5 Å². The second-order valence-electron chi connectivity index (χ2n) is 8.83. The summed E-state index contributed by atoms with van der Waals surface area (Å²) in [7, 11) is 1.41. The number of aromatic nitrogens is 2. The summed E-state index contributed by atoms with van der Waals surface area (Å²) in [5.41, 5.74) is 3.33. The molecule has 0 bridgehead atoms. The van der Waals surface area contributed by atoms with Gasteiger partial charge in [-0.2, -0.15) is 0 Å². The first-order valence-electron chi connectivity index (χ1n) is 12.1. The Kier molecular flexibility index (Phi) is 8.00. The van der Waals surface area contributed by atoms with Gasteiger partial charge in [0.1, 0.15) is 18.2 Å². The van der Waals surface area contributed by atoms with Crippen molar-refractivity contribution >= 4 is 17.0 Å². The molecule has 0 atom stereocenters. The molecular weight excluding hydrogens is 414 g/mol. The molecule has 33 heavy (non-hydrogen) atoms. The number of piperidine rings is 1.